The van der Waals surface area contributed by atoms with Crippen molar-refractivity contribution in [2.45, 2.75) is 12.5 Å². The first-order valence-electron chi connectivity index (χ1n) is 3.93. The van der Waals surface area contributed by atoms with E-state index in [1.54, 1.807) is 4.90 Å². The van der Waals surface area contributed by atoms with Crippen LogP contribution in [-0.2, 0) is 4.79 Å². The SMILES string of the molecule is CNC1CCN(C(=O)CN)C1.Cl. The molecular weight excluding hydrogens is 178 g/mol. The van der Waals surface area contributed by atoms with Crippen molar-refractivity contribution < 1.29 is 4.79 Å². The van der Waals surface area contributed by atoms with Gasteiger partial charge in [0.1, 0.15) is 0 Å². The number of nitrogens with zero attached hydrogens (tertiary/aromatic N) is 1. The second kappa shape index (κ2) is 5.35. The lowest BCUT2D eigenvalue weighted by Gasteiger charge is -2.14. The number of nitrogens with one attached hydrogen (secondary N) is 1. The molecule has 72 valence electrons. The van der Waals surface area contributed by atoms with Crippen LogP contribution in [-0.4, -0.2) is 43.5 Å². The van der Waals surface area contributed by atoms with Crippen molar-refractivity contribution in [1.29, 1.82) is 0 Å². The molecule has 1 saturated heterocycles. The van der Waals surface area contributed by atoms with Crippen molar-refractivity contribution in [3.63, 3.8) is 0 Å². The van der Waals surface area contributed by atoms with Gasteiger partial charge in [-0.1, -0.05) is 0 Å². The number of carbonyl (C=O) groups excluding carboxylic acids is 1. The Morgan fingerprint density at radius 3 is 2.83 bits per heavy atom. The van der Waals surface area contributed by atoms with E-state index in [9.17, 15) is 4.79 Å². The van der Waals surface area contributed by atoms with Gasteiger partial charge in [0.2, 0.25) is 5.91 Å². The first-order valence-corrected chi connectivity index (χ1v) is 3.93. The van der Waals surface area contributed by atoms with E-state index in [4.69, 9.17) is 5.73 Å². The molecule has 1 atom stereocenters. The van der Waals surface area contributed by atoms with Gasteiger partial charge in [0.15, 0.2) is 0 Å². The topological polar surface area (TPSA) is 58.4 Å². The number of rotatable bonds is 2. The zero-order valence-electron chi connectivity index (χ0n) is 7.25. The molecule has 1 fully saturated rings. The fraction of sp³-hybridized carbons (Fsp3) is 0.857. The number of likely N-dealkylation sites (N-methyl/N-ethyl adjacent to an activating group) is 1. The van der Waals surface area contributed by atoms with Crippen LogP contribution >= 0.6 is 12.4 Å². The lowest BCUT2D eigenvalue weighted by molar-refractivity contribution is -0.128. The lowest BCUT2D eigenvalue weighted by Crippen LogP contribution is -2.36. The summed E-state index contributed by atoms with van der Waals surface area (Å²) < 4.78 is 0. The number of amides is 1. The minimum Gasteiger partial charge on any atom is -0.340 e. The number of nitrogens with two attached hydrogens (primary N) is 1. The smallest absolute Gasteiger partial charge is 0.236 e. The molecule has 0 aromatic rings. The standard InChI is InChI=1S/C7H15N3O.ClH/c1-9-6-2-3-10(5-6)7(11)4-8;/h6,9H,2-5,8H2,1H3;1H. The summed E-state index contributed by atoms with van der Waals surface area (Å²) in [6.07, 6.45) is 1.04. The summed E-state index contributed by atoms with van der Waals surface area (Å²) in [6.45, 7) is 1.80. The average Bonchev–Trinajstić information content (AvgIpc) is 2.50. The first-order chi connectivity index (χ1) is 5.27. The Kier molecular flexibility index (Phi) is 5.20. The third-order valence-electron chi connectivity index (χ3n) is 2.12. The molecule has 1 rings (SSSR count). The van der Waals surface area contributed by atoms with Crippen LogP contribution in [0, 0.1) is 0 Å². The largest absolute Gasteiger partial charge is 0.340 e. The van der Waals surface area contributed by atoms with Crippen molar-refractivity contribution >= 4 is 18.3 Å². The van der Waals surface area contributed by atoms with E-state index in [1.807, 2.05) is 7.05 Å². The summed E-state index contributed by atoms with van der Waals surface area (Å²) in [5, 5.41) is 3.14. The van der Waals surface area contributed by atoms with Crippen molar-refractivity contribution in [2.75, 3.05) is 26.7 Å². The third-order valence-corrected chi connectivity index (χ3v) is 2.12. The van der Waals surface area contributed by atoms with Crippen LogP contribution in [0.25, 0.3) is 0 Å². The maximum absolute atomic E-state index is 11.0. The predicted molar refractivity (Wildman–Crippen MR) is 50.3 cm³/mol. The third kappa shape index (κ3) is 2.62. The van der Waals surface area contributed by atoms with Crippen molar-refractivity contribution in [3.8, 4) is 0 Å². The number of hydrogen-bond acceptors (Lipinski definition) is 3. The molecule has 4 nitrogen and oxygen atoms in total. The van der Waals surface area contributed by atoms with Gasteiger partial charge in [0.05, 0.1) is 6.54 Å². The molecule has 0 radical (unpaired) electrons. The van der Waals surface area contributed by atoms with E-state index in [-0.39, 0.29) is 24.9 Å². The van der Waals surface area contributed by atoms with E-state index >= 15 is 0 Å². The lowest BCUT2D eigenvalue weighted by atomic mass is 10.3. The van der Waals surface area contributed by atoms with E-state index in [0.717, 1.165) is 19.5 Å². The maximum Gasteiger partial charge on any atom is 0.236 e. The highest BCUT2D eigenvalue weighted by Crippen LogP contribution is 2.07. The van der Waals surface area contributed by atoms with E-state index in [2.05, 4.69) is 5.32 Å². The minimum atomic E-state index is 0. The zero-order valence-corrected chi connectivity index (χ0v) is 8.06. The molecule has 0 aliphatic carbocycles. The summed E-state index contributed by atoms with van der Waals surface area (Å²) in [5.41, 5.74) is 5.23. The highest BCUT2D eigenvalue weighted by atomic mass is 35.5. The van der Waals surface area contributed by atoms with Gasteiger partial charge in [-0.05, 0) is 13.5 Å². The summed E-state index contributed by atoms with van der Waals surface area (Å²) >= 11 is 0. The monoisotopic (exact) mass is 193 g/mol. The summed E-state index contributed by atoms with van der Waals surface area (Å²) in [6, 6.07) is 0.463. The molecule has 1 amide bonds. The number of hydrogen-bond donors (Lipinski definition) is 2. The van der Waals surface area contributed by atoms with Gasteiger partial charge in [-0.15, -0.1) is 12.4 Å². The van der Waals surface area contributed by atoms with Gasteiger partial charge in [0, 0.05) is 19.1 Å². The Bertz CT molecular complexity index is 154. The Labute approximate surface area is 78.9 Å². The quantitative estimate of drug-likeness (QED) is 0.603. The Balaban J connectivity index is 0.00000121. The fourth-order valence-corrected chi connectivity index (χ4v) is 1.35. The molecular formula is C7H16ClN3O. The molecule has 0 bridgehead atoms. The molecule has 3 N–H and O–H groups in total. The summed E-state index contributed by atoms with van der Waals surface area (Å²) in [5.74, 6) is 0.0581. The summed E-state index contributed by atoms with van der Waals surface area (Å²) in [4.78, 5) is 12.9. The van der Waals surface area contributed by atoms with E-state index in [0.29, 0.717) is 6.04 Å². The van der Waals surface area contributed by atoms with Gasteiger partial charge in [0.25, 0.3) is 0 Å². The zero-order chi connectivity index (χ0) is 8.27. The first kappa shape index (κ1) is 11.7. The molecule has 0 saturated carbocycles. The second-order valence-electron chi connectivity index (χ2n) is 2.82. The molecule has 5 heteroatoms. The maximum atomic E-state index is 11.0. The number of halogens is 1. The predicted octanol–water partition coefficient (Wildman–Crippen LogP) is -0.813. The van der Waals surface area contributed by atoms with Gasteiger partial charge < -0.3 is 16.0 Å². The molecule has 0 aromatic carbocycles. The van der Waals surface area contributed by atoms with Crippen molar-refractivity contribution in [3.05, 3.63) is 0 Å². The van der Waals surface area contributed by atoms with E-state index in [1.165, 1.54) is 0 Å². The van der Waals surface area contributed by atoms with Crippen LogP contribution in [0.1, 0.15) is 6.42 Å². The molecule has 1 aliphatic rings. The molecule has 1 aliphatic heterocycles. The Hall–Kier alpha value is -0.320. The molecule has 0 spiro atoms. The van der Waals surface area contributed by atoms with Crippen molar-refractivity contribution in [2.24, 2.45) is 5.73 Å². The number of carbonyl (C=O) groups is 1. The van der Waals surface area contributed by atoms with Gasteiger partial charge >= 0.3 is 0 Å². The van der Waals surface area contributed by atoms with Crippen molar-refractivity contribution in [1.82, 2.24) is 10.2 Å². The highest BCUT2D eigenvalue weighted by Gasteiger charge is 2.23. The molecule has 12 heavy (non-hydrogen) atoms. The highest BCUT2D eigenvalue weighted by molar-refractivity contribution is 5.85. The van der Waals surface area contributed by atoms with Crippen LogP contribution in [0.5, 0.6) is 0 Å². The fourth-order valence-electron chi connectivity index (χ4n) is 1.35. The van der Waals surface area contributed by atoms with Crippen LogP contribution in [0.4, 0.5) is 0 Å². The second-order valence-corrected chi connectivity index (χ2v) is 2.82. The van der Waals surface area contributed by atoms with Crippen LogP contribution in [0.3, 0.4) is 0 Å². The Morgan fingerprint density at radius 1 is 1.75 bits per heavy atom. The molecule has 1 heterocycles. The van der Waals surface area contributed by atoms with Gasteiger partial charge in [-0.3, -0.25) is 4.79 Å². The molecule has 1 unspecified atom stereocenters. The molecule has 0 aromatic heterocycles. The number of likely N-dealkylation sites (tertiary alicyclic amines) is 1. The Morgan fingerprint density at radius 2 is 2.42 bits per heavy atom. The average molecular weight is 194 g/mol. The summed E-state index contributed by atoms with van der Waals surface area (Å²) in [7, 11) is 1.92. The van der Waals surface area contributed by atoms with Crippen LogP contribution in [0.2, 0.25) is 0 Å². The van der Waals surface area contributed by atoms with E-state index < -0.39 is 0 Å². The normalized spacial score (nSPS) is 22.2. The van der Waals surface area contributed by atoms with Gasteiger partial charge in [-0.25, -0.2) is 0 Å². The van der Waals surface area contributed by atoms with Gasteiger partial charge in [-0.2, -0.15) is 0 Å². The van der Waals surface area contributed by atoms with Crippen LogP contribution < -0.4 is 11.1 Å². The van der Waals surface area contributed by atoms with Crippen LogP contribution in [0.15, 0.2) is 0 Å². The minimum absolute atomic E-state index is 0.